The molecular formula is C4H11NSe. The van der Waals surface area contributed by atoms with Gasteiger partial charge in [0, 0.05) is 0 Å². The third-order valence-corrected chi connectivity index (χ3v) is 0.883. The third-order valence-electron chi connectivity index (χ3n) is 0.500. The minimum absolute atomic E-state index is 0.257. The molecule has 6 heavy (non-hydrogen) atoms. The van der Waals surface area contributed by atoms with E-state index in [2.05, 4.69) is 29.9 Å². The van der Waals surface area contributed by atoms with Crippen LogP contribution in [0.3, 0.4) is 0 Å². The van der Waals surface area contributed by atoms with Gasteiger partial charge >= 0.3 is 46.5 Å². The van der Waals surface area contributed by atoms with E-state index >= 15 is 0 Å². The number of nitrogens with two attached hydrogens (primary N) is 1. The van der Waals surface area contributed by atoms with Crippen LogP contribution in [-0.4, -0.2) is 22.6 Å². The number of hydrogen-bond donors (Lipinski definition) is 1. The van der Waals surface area contributed by atoms with Gasteiger partial charge in [0.25, 0.3) is 0 Å². The van der Waals surface area contributed by atoms with E-state index in [-0.39, 0.29) is 4.31 Å². The van der Waals surface area contributed by atoms with Gasteiger partial charge in [-0.3, -0.25) is 0 Å². The Kier molecular flexibility index (Phi) is 2.12. The first-order chi connectivity index (χ1) is 2.56. The Balaban J connectivity index is 3.17. The second-order valence-electron chi connectivity index (χ2n) is 2.02. The molecule has 0 radical (unpaired) electrons. The molecule has 0 rings (SSSR count). The molecule has 0 fully saturated rings. The Labute approximate surface area is 47.1 Å². The van der Waals surface area contributed by atoms with Gasteiger partial charge in [0.15, 0.2) is 0 Å². The summed E-state index contributed by atoms with van der Waals surface area (Å²) in [7, 11) is 0. The van der Waals surface area contributed by atoms with Crippen molar-refractivity contribution in [1.29, 1.82) is 0 Å². The van der Waals surface area contributed by atoms with Crippen LogP contribution < -0.4 is 5.73 Å². The summed E-state index contributed by atoms with van der Waals surface area (Å²) in [4.78, 5) is 0. The van der Waals surface area contributed by atoms with E-state index < -0.39 is 0 Å². The van der Waals surface area contributed by atoms with Gasteiger partial charge in [0.1, 0.15) is 0 Å². The summed E-state index contributed by atoms with van der Waals surface area (Å²) in [5, 5.41) is 0. The zero-order valence-corrected chi connectivity index (χ0v) is 6.11. The van der Waals surface area contributed by atoms with Crippen LogP contribution >= 0.6 is 0 Å². The predicted octanol–water partition coefficient (Wildman–Crippen LogP) is 0.0444. The van der Waals surface area contributed by atoms with Crippen LogP contribution in [0.2, 0.25) is 4.31 Å². The monoisotopic (exact) mass is 153 g/mol. The van der Waals surface area contributed by atoms with Crippen molar-refractivity contribution in [2.75, 3.05) is 6.54 Å². The van der Waals surface area contributed by atoms with Gasteiger partial charge in [-0.25, -0.2) is 0 Å². The van der Waals surface area contributed by atoms with E-state index in [1.165, 1.54) is 0 Å². The molecule has 2 heteroatoms. The summed E-state index contributed by atoms with van der Waals surface area (Å²) in [6.45, 7) is 4.92. The minimum atomic E-state index is 0.257. The Morgan fingerprint density at radius 1 is 1.67 bits per heavy atom. The molecule has 0 spiro atoms. The number of rotatable bonds is 1. The van der Waals surface area contributed by atoms with Gasteiger partial charge in [-0.05, 0) is 0 Å². The first-order valence-electron chi connectivity index (χ1n) is 1.99. The second kappa shape index (κ2) is 1.97. The Hall–Kier alpha value is 0.479. The van der Waals surface area contributed by atoms with Crippen molar-refractivity contribution < 1.29 is 0 Å². The molecule has 0 aliphatic rings. The molecule has 38 valence electrons. The van der Waals surface area contributed by atoms with Gasteiger partial charge in [-0.1, -0.05) is 0 Å². The van der Waals surface area contributed by atoms with Crippen LogP contribution in [0.4, 0.5) is 0 Å². The second-order valence-corrected chi connectivity index (χ2v) is 4.56. The van der Waals surface area contributed by atoms with Crippen LogP contribution in [0.25, 0.3) is 0 Å². The van der Waals surface area contributed by atoms with E-state index in [1.54, 1.807) is 0 Å². The SMILES string of the molecule is CC(C)([SeH])CN. The summed E-state index contributed by atoms with van der Waals surface area (Å²) in [5.41, 5.74) is 5.29. The zero-order valence-electron chi connectivity index (χ0n) is 4.23. The fourth-order valence-electron chi connectivity index (χ4n) is 0. The van der Waals surface area contributed by atoms with E-state index in [1.807, 2.05) is 0 Å². The molecule has 0 saturated carbocycles. The molecule has 2 N–H and O–H groups in total. The van der Waals surface area contributed by atoms with Crippen LogP contribution in [0, 0.1) is 0 Å². The first kappa shape index (κ1) is 6.48. The normalized spacial score (nSPS) is 12.0. The van der Waals surface area contributed by atoms with Crippen molar-refractivity contribution in [2.24, 2.45) is 5.73 Å². The van der Waals surface area contributed by atoms with Crippen molar-refractivity contribution in [2.45, 2.75) is 18.2 Å². The standard InChI is InChI=1S/C4H11NSe/c1-4(2,6)3-5/h6H,3,5H2,1-2H3. The molecule has 0 unspecified atom stereocenters. The van der Waals surface area contributed by atoms with E-state index in [0.29, 0.717) is 0 Å². The maximum atomic E-state index is 5.29. The Morgan fingerprint density at radius 3 is 1.83 bits per heavy atom. The molecule has 0 aliphatic carbocycles. The molecule has 0 bridgehead atoms. The van der Waals surface area contributed by atoms with Crippen molar-refractivity contribution >= 4 is 16.0 Å². The fourth-order valence-corrected chi connectivity index (χ4v) is 0. The van der Waals surface area contributed by atoms with E-state index in [0.717, 1.165) is 6.54 Å². The maximum absolute atomic E-state index is 5.29. The average Bonchev–Trinajstić information content (AvgIpc) is 1.35. The van der Waals surface area contributed by atoms with E-state index in [9.17, 15) is 0 Å². The molecule has 0 atom stereocenters. The van der Waals surface area contributed by atoms with Gasteiger partial charge < -0.3 is 0 Å². The molecule has 0 heterocycles. The summed E-state index contributed by atoms with van der Waals surface area (Å²) >= 11 is 2.53. The Morgan fingerprint density at radius 2 is 1.83 bits per heavy atom. The molecule has 1 nitrogen and oxygen atoms in total. The summed E-state index contributed by atoms with van der Waals surface area (Å²) < 4.78 is 0.257. The van der Waals surface area contributed by atoms with Crippen LogP contribution in [0.15, 0.2) is 0 Å². The summed E-state index contributed by atoms with van der Waals surface area (Å²) in [5.74, 6) is 0. The molecule has 0 aromatic carbocycles. The fraction of sp³-hybridized carbons (Fsp3) is 1.00. The average molecular weight is 152 g/mol. The van der Waals surface area contributed by atoms with Gasteiger partial charge in [-0.15, -0.1) is 0 Å². The van der Waals surface area contributed by atoms with Crippen LogP contribution in [-0.2, 0) is 0 Å². The van der Waals surface area contributed by atoms with Crippen molar-refractivity contribution in [3.8, 4) is 0 Å². The van der Waals surface area contributed by atoms with Crippen molar-refractivity contribution in [3.63, 3.8) is 0 Å². The van der Waals surface area contributed by atoms with Gasteiger partial charge in [0.05, 0.1) is 0 Å². The van der Waals surface area contributed by atoms with Crippen LogP contribution in [0.1, 0.15) is 13.8 Å². The van der Waals surface area contributed by atoms with Crippen molar-refractivity contribution in [1.82, 2.24) is 0 Å². The zero-order chi connectivity index (χ0) is 5.21. The molecule has 0 aromatic rings. The quantitative estimate of drug-likeness (QED) is 0.527. The van der Waals surface area contributed by atoms with Crippen LogP contribution in [0.5, 0.6) is 0 Å². The topological polar surface area (TPSA) is 26.0 Å². The van der Waals surface area contributed by atoms with Gasteiger partial charge in [0.2, 0.25) is 0 Å². The molecular weight excluding hydrogens is 141 g/mol. The Bertz CT molecular complexity index is 37.3. The molecule has 0 aliphatic heterocycles. The summed E-state index contributed by atoms with van der Waals surface area (Å²) in [6.07, 6.45) is 0. The van der Waals surface area contributed by atoms with Gasteiger partial charge in [-0.2, -0.15) is 0 Å². The molecule has 0 aromatic heterocycles. The van der Waals surface area contributed by atoms with Crippen molar-refractivity contribution in [3.05, 3.63) is 0 Å². The van der Waals surface area contributed by atoms with E-state index in [4.69, 9.17) is 5.73 Å². The molecule has 0 saturated heterocycles. The number of hydrogen-bond acceptors (Lipinski definition) is 1. The first-order valence-corrected chi connectivity index (χ1v) is 2.92. The third kappa shape index (κ3) is 4.48. The predicted molar refractivity (Wildman–Crippen MR) is 30.2 cm³/mol. The molecule has 0 amide bonds. The summed E-state index contributed by atoms with van der Waals surface area (Å²) in [6, 6.07) is 0.